The lowest BCUT2D eigenvalue weighted by atomic mass is 10.3. The number of nitrogens with zero attached hydrogens (tertiary/aromatic N) is 2. The van der Waals surface area contributed by atoms with E-state index >= 15 is 0 Å². The highest BCUT2D eigenvalue weighted by molar-refractivity contribution is 5.40. The molecule has 0 unspecified atom stereocenters. The second kappa shape index (κ2) is 4.56. The molecule has 6 heteroatoms. The third kappa shape index (κ3) is 2.75. The summed E-state index contributed by atoms with van der Waals surface area (Å²) in [6, 6.07) is 8.20. The van der Waals surface area contributed by atoms with Crippen LogP contribution in [-0.2, 0) is 0 Å². The quantitative estimate of drug-likeness (QED) is 0.465. The smallest absolute Gasteiger partial charge is 0.273 e. The summed E-state index contributed by atoms with van der Waals surface area (Å²) in [5, 5.41) is 10.5. The number of nitro benzene ring substituents is 1. The van der Waals surface area contributed by atoms with Crippen LogP contribution in [0.4, 0.5) is 10.1 Å². The van der Waals surface area contributed by atoms with Gasteiger partial charge in [0.15, 0.2) is 0 Å². The highest BCUT2D eigenvalue weighted by Crippen LogP contribution is 2.24. The fraction of sp³-hybridized carbons (Fsp3) is 0. The number of hydrogen-bond donors (Lipinski definition) is 0. The SMILES string of the molecule is O=[N+]([O-])c1cccc(Oc2ccnc(F)c2)c1. The minimum absolute atomic E-state index is 0.0861. The molecule has 0 spiro atoms. The van der Waals surface area contributed by atoms with Gasteiger partial charge in [0.25, 0.3) is 5.69 Å². The van der Waals surface area contributed by atoms with Crippen LogP contribution in [0.2, 0.25) is 0 Å². The molecule has 1 aromatic heterocycles. The molecule has 0 radical (unpaired) electrons. The number of non-ortho nitro benzene ring substituents is 1. The largest absolute Gasteiger partial charge is 0.457 e. The van der Waals surface area contributed by atoms with Gasteiger partial charge in [0.2, 0.25) is 5.95 Å². The molecule has 0 atom stereocenters. The van der Waals surface area contributed by atoms with Gasteiger partial charge in [0.1, 0.15) is 11.5 Å². The molecular formula is C11H7FN2O3. The zero-order valence-electron chi connectivity index (χ0n) is 8.54. The Balaban J connectivity index is 2.24. The lowest BCUT2D eigenvalue weighted by Gasteiger charge is -2.04. The molecule has 0 bridgehead atoms. The van der Waals surface area contributed by atoms with Crippen molar-refractivity contribution in [1.29, 1.82) is 0 Å². The molecule has 2 rings (SSSR count). The summed E-state index contributed by atoms with van der Waals surface area (Å²) in [4.78, 5) is 13.4. The van der Waals surface area contributed by atoms with Gasteiger partial charge < -0.3 is 4.74 Å². The van der Waals surface area contributed by atoms with Gasteiger partial charge in [0, 0.05) is 18.3 Å². The zero-order valence-corrected chi connectivity index (χ0v) is 8.54. The van der Waals surface area contributed by atoms with Gasteiger partial charge in [-0.25, -0.2) is 4.98 Å². The molecule has 17 heavy (non-hydrogen) atoms. The lowest BCUT2D eigenvalue weighted by Crippen LogP contribution is -1.90. The van der Waals surface area contributed by atoms with E-state index in [0.29, 0.717) is 0 Å². The first-order valence-corrected chi connectivity index (χ1v) is 4.69. The summed E-state index contributed by atoms with van der Waals surface area (Å²) < 4.78 is 18.0. The van der Waals surface area contributed by atoms with Crippen molar-refractivity contribution in [2.24, 2.45) is 0 Å². The Morgan fingerprint density at radius 1 is 1.24 bits per heavy atom. The molecule has 0 N–H and O–H groups in total. The van der Waals surface area contributed by atoms with Crippen molar-refractivity contribution >= 4 is 5.69 Å². The number of aromatic nitrogens is 1. The van der Waals surface area contributed by atoms with Gasteiger partial charge in [0.05, 0.1) is 11.0 Å². The standard InChI is InChI=1S/C11H7FN2O3/c12-11-7-10(4-5-13-11)17-9-3-1-2-8(6-9)14(15)16/h1-7H. The van der Waals surface area contributed by atoms with Crippen LogP contribution >= 0.6 is 0 Å². The van der Waals surface area contributed by atoms with Gasteiger partial charge in [-0.15, -0.1) is 0 Å². The first-order chi connectivity index (χ1) is 8.15. The van der Waals surface area contributed by atoms with Gasteiger partial charge in [-0.1, -0.05) is 6.07 Å². The van der Waals surface area contributed by atoms with Crippen LogP contribution in [0.25, 0.3) is 0 Å². The van der Waals surface area contributed by atoms with Crippen LogP contribution in [0.3, 0.4) is 0 Å². The Labute approximate surface area is 95.6 Å². The Morgan fingerprint density at radius 2 is 2.00 bits per heavy atom. The van der Waals surface area contributed by atoms with Crippen molar-refractivity contribution in [3.05, 3.63) is 58.7 Å². The van der Waals surface area contributed by atoms with E-state index in [0.717, 1.165) is 6.07 Å². The highest BCUT2D eigenvalue weighted by Gasteiger charge is 2.07. The molecule has 0 aliphatic rings. The highest BCUT2D eigenvalue weighted by atomic mass is 19.1. The van der Waals surface area contributed by atoms with Crippen LogP contribution in [0.5, 0.6) is 11.5 Å². The summed E-state index contributed by atoms with van der Waals surface area (Å²) in [5.74, 6) is -0.171. The monoisotopic (exact) mass is 234 g/mol. The van der Waals surface area contributed by atoms with Crippen molar-refractivity contribution in [2.45, 2.75) is 0 Å². The van der Waals surface area contributed by atoms with E-state index in [9.17, 15) is 14.5 Å². The van der Waals surface area contributed by atoms with E-state index < -0.39 is 10.9 Å². The van der Waals surface area contributed by atoms with Crippen molar-refractivity contribution in [2.75, 3.05) is 0 Å². The first kappa shape index (κ1) is 11.0. The third-order valence-electron chi connectivity index (χ3n) is 1.96. The van der Waals surface area contributed by atoms with Crippen molar-refractivity contribution < 1.29 is 14.1 Å². The number of pyridine rings is 1. The second-order valence-electron chi connectivity index (χ2n) is 3.17. The normalized spacial score (nSPS) is 9.94. The maximum atomic E-state index is 12.8. The molecule has 1 heterocycles. The first-order valence-electron chi connectivity index (χ1n) is 4.69. The molecule has 86 valence electrons. The molecule has 0 saturated carbocycles. The molecular weight excluding hydrogens is 227 g/mol. The number of halogens is 1. The summed E-state index contributed by atoms with van der Waals surface area (Å²) in [6.07, 6.45) is 1.25. The van der Waals surface area contributed by atoms with E-state index in [1.807, 2.05) is 0 Å². The molecule has 0 fully saturated rings. The molecule has 0 amide bonds. The Morgan fingerprint density at radius 3 is 2.71 bits per heavy atom. The summed E-state index contributed by atoms with van der Waals surface area (Å²) >= 11 is 0. The fourth-order valence-corrected chi connectivity index (χ4v) is 1.24. The van der Waals surface area contributed by atoms with Gasteiger partial charge in [-0.05, 0) is 12.1 Å². The summed E-state index contributed by atoms with van der Waals surface area (Å²) in [7, 11) is 0. The minimum atomic E-state index is -0.673. The van der Waals surface area contributed by atoms with Crippen molar-refractivity contribution in [1.82, 2.24) is 4.98 Å². The maximum absolute atomic E-state index is 12.8. The van der Waals surface area contributed by atoms with Crippen LogP contribution in [-0.4, -0.2) is 9.91 Å². The van der Waals surface area contributed by atoms with E-state index in [-0.39, 0.29) is 17.2 Å². The lowest BCUT2D eigenvalue weighted by molar-refractivity contribution is -0.384. The maximum Gasteiger partial charge on any atom is 0.273 e. The van der Waals surface area contributed by atoms with Gasteiger partial charge in [-0.2, -0.15) is 4.39 Å². The number of rotatable bonds is 3. The number of benzene rings is 1. The summed E-state index contributed by atoms with van der Waals surface area (Å²) in [6.45, 7) is 0. The summed E-state index contributed by atoms with van der Waals surface area (Å²) in [5.41, 5.74) is -0.0861. The topological polar surface area (TPSA) is 65.3 Å². The van der Waals surface area contributed by atoms with Crippen molar-refractivity contribution in [3.63, 3.8) is 0 Å². The molecule has 0 aliphatic heterocycles. The molecule has 1 aromatic carbocycles. The van der Waals surface area contributed by atoms with E-state index in [1.165, 1.54) is 30.5 Å². The van der Waals surface area contributed by atoms with E-state index in [2.05, 4.69) is 4.98 Å². The predicted molar refractivity (Wildman–Crippen MR) is 57.4 cm³/mol. The van der Waals surface area contributed by atoms with E-state index in [4.69, 9.17) is 4.74 Å². The zero-order chi connectivity index (χ0) is 12.3. The fourth-order valence-electron chi connectivity index (χ4n) is 1.24. The molecule has 0 aliphatic carbocycles. The average molecular weight is 234 g/mol. The average Bonchev–Trinajstić information content (AvgIpc) is 2.29. The number of ether oxygens (including phenoxy) is 1. The van der Waals surface area contributed by atoms with Gasteiger partial charge in [-0.3, -0.25) is 10.1 Å². The Hall–Kier alpha value is -2.50. The second-order valence-corrected chi connectivity index (χ2v) is 3.17. The minimum Gasteiger partial charge on any atom is -0.457 e. The van der Waals surface area contributed by atoms with Crippen LogP contribution in [0, 0.1) is 16.1 Å². The molecule has 2 aromatic rings. The van der Waals surface area contributed by atoms with Crippen molar-refractivity contribution in [3.8, 4) is 11.5 Å². The Kier molecular flexibility index (Phi) is 2.95. The number of hydrogen-bond acceptors (Lipinski definition) is 4. The number of nitro groups is 1. The van der Waals surface area contributed by atoms with Crippen LogP contribution in [0.1, 0.15) is 0 Å². The Bertz CT molecular complexity index is 560. The molecule has 0 saturated heterocycles. The van der Waals surface area contributed by atoms with Gasteiger partial charge >= 0.3 is 0 Å². The molecule has 5 nitrogen and oxygen atoms in total. The van der Waals surface area contributed by atoms with Crippen LogP contribution < -0.4 is 4.74 Å². The third-order valence-corrected chi connectivity index (χ3v) is 1.96. The van der Waals surface area contributed by atoms with E-state index in [1.54, 1.807) is 6.07 Å². The predicted octanol–water partition coefficient (Wildman–Crippen LogP) is 2.92. The van der Waals surface area contributed by atoms with Crippen LogP contribution in [0.15, 0.2) is 42.6 Å².